The van der Waals surface area contributed by atoms with Crippen LogP contribution in [0.4, 0.5) is 0 Å². The van der Waals surface area contributed by atoms with Crippen LogP contribution in [0.15, 0.2) is 30.3 Å². The molecule has 1 amide bonds. The van der Waals surface area contributed by atoms with Gasteiger partial charge >= 0.3 is 5.97 Å². The Morgan fingerprint density at radius 2 is 2.14 bits per heavy atom. The summed E-state index contributed by atoms with van der Waals surface area (Å²) in [6.45, 7) is 0.602. The van der Waals surface area contributed by atoms with Crippen LogP contribution < -0.4 is 10.6 Å². The Morgan fingerprint density at radius 3 is 2.71 bits per heavy atom. The molecule has 1 saturated heterocycles. The standard InChI is InChI=1S/C15H20N2O4/c1-21-11-8-12(16-9-11)14(18)17-13(15(19)20)7-10-5-3-2-4-6-10/h2-6,11-13,16H,7-9H2,1H3,(H,17,18)(H,19,20)/t11?,12?,13-/m1/s1. The highest BCUT2D eigenvalue weighted by atomic mass is 16.5. The van der Waals surface area contributed by atoms with Crippen molar-refractivity contribution in [1.82, 2.24) is 10.6 Å². The molecule has 21 heavy (non-hydrogen) atoms. The second-order valence-corrected chi connectivity index (χ2v) is 5.14. The molecule has 1 fully saturated rings. The zero-order chi connectivity index (χ0) is 15.2. The van der Waals surface area contributed by atoms with Crippen LogP contribution in [0.5, 0.6) is 0 Å². The fourth-order valence-corrected chi connectivity index (χ4v) is 2.40. The Kier molecular flexibility index (Phi) is 5.30. The third-order valence-electron chi connectivity index (χ3n) is 3.64. The highest BCUT2D eigenvalue weighted by molar-refractivity contribution is 5.87. The molecule has 2 unspecified atom stereocenters. The van der Waals surface area contributed by atoms with Crippen LogP contribution >= 0.6 is 0 Å². The third kappa shape index (κ3) is 4.27. The van der Waals surface area contributed by atoms with E-state index in [9.17, 15) is 14.7 Å². The van der Waals surface area contributed by atoms with Crippen molar-refractivity contribution < 1.29 is 19.4 Å². The van der Waals surface area contributed by atoms with Crippen molar-refractivity contribution in [3.05, 3.63) is 35.9 Å². The van der Waals surface area contributed by atoms with Crippen LogP contribution in [-0.4, -0.2) is 48.8 Å². The number of aliphatic carboxylic acids is 1. The summed E-state index contributed by atoms with van der Waals surface area (Å²) >= 11 is 0. The number of ether oxygens (including phenoxy) is 1. The molecular weight excluding hydrogens is 272 g/mol. The summed E-state index contributed by atoms with van der Waals surface area (Å²) in [4.78, 5) is 23.4. The minimum Gasteiger partial charge on any atom is -0.480 e. The van der Waals surface area contributed by atoms with Crippen molar-refractivity contribution in [3.8, 4) is 0 Å². The van der Waals surface area contributed by atoms with Gasteiger partial charge in [0.05, 0.1) is 12.1 Å². The number of amides is 1. The lowest BCUT2D eigenvalue weighted by atomic mass is 10.1. The molecule has 6 heteroatoms. The van der Waals surface area contributed by atoms with Gasteiger partial charge in [0.25, 0.3) is 0 Å². The number of nitrogens with one attached hydrogen (secondary N) is 2. The van der Waals surface area contributed by atoms with E-state index in [0.29, 0.717) is 13.0 Å². The number of benzene rings is 1. The second kappa shape index (κ2) is 7.19. The third-order valence-corrected chi connectivity index (χ3v) is 3.64. The summed E-state index contributed by atoms with van der Waals surface area (Å²) in [6, 6.07) is 7.92. The zero-order valence-electron chi connectivity index (χ0n) is 11.9. The Morgan fingerprint density at radius 1 is 1.43 bits per heavy atom. The van der Waals surface area contributed by atoms with Crippen molar-refractivity contribution in [1.29, 1.82) is 0 Å². The average molecular weight is 292 g/mol. The van der Waals surface area contributed by atoms with Crippen LogP contribution in [0, 0.1) is 0 Å². The van der Waals surface area contributed by atoms with E-state index in [-0.39, 0.29) is 18.4 Å². The lowest BCUT2D eigenvalue weighted by Crippen LogP contribution is -2.49. The Balaban J connectivity index is 1.94. The number of hydrogen-bond acceptors (Lipinski definition) is 4. The fraction of sp³-hybridized carbons (Fsp3) is 0.467. The highest BCUT2D eigenvalue weighted by Crippen LogP contribution is 2.10. The molecule has 2 rings (SSSR count). The lowest BCUT2D eigenvalue weighted by molar-refractivity contribution is -0.142. The van der Waals surface area contributed by atoms with Crippen LogP contribution in [0.1, 0.15) is 12.0 Å². The van der Waals surface area contributed by atoms with E-state index in [1.807, 2.05) is 30.3 Å². The summed E-state index contributed by atoms with van der Waals surface area (Å²) in [5.74, 6) is -1.33. The number of rotatable bonds is 6. The molecule has 1 aromatic carbocycles. The predicted octanol–water partition coefficient (Wildman–Crippen LogP) is 0.175. The molecule has 0 radical (unpaired) electrons. The molecule has 0 spiro atoms. The first-order valence-electron chi connectivity index (χ1n) is 6.93. The molecule has 1 aliphatic rings. The van der Waals surface area contributed by atoms with Gasteiger partial charge in [-0.2, -0.15) is 0 Å². The van der Waals surface area contributed by atoms with Crippen LogP contribution in [-0.2, 0) is 20.7 Å². The van der Waals surface area contributed by atoms with Crippen molar-refractivity contribution in [3.63, 3.8) is 0 Å². The van der Waals surface area contributed by atoms with E-state index < -0.39 is 18.1 Å². The SMILES string of the molecule is COC1CNC(C(=O)N[C@H](Cc2ccccc2)C(=O)O)C1. The van der Waals surface area contributed by atoms with Crippen molar-refractivity contribution >= 4 is 11.9 Å². The van der Waals surface area contributed by atoms with Gasteiger partial charge in [-0.05, 0) is 12.0 Å². The van der Waals surface area contributed by atoms with Gasteiger partial charge in [0, 0.05) is 20.1 Å². The topological polar surface area (TPSA) is 87.7 Å². The van der Waals surface area contributed by atoms with Gasteiger partial charge in [-0.25, -0.2) is 4.79 Å². The van der Waals surface area contributed by atoms with E-state index in [1.165, 1.54) is 0 Å². The van der Waals surface area contributed by atoms with Gasteiger partial charge in [0.2, 0.25) is 5.91 Å². The summed E-state index contributed by atoms with van der Waals surface area (Å²) < 4.78 is 5.18. The molecule has 0 saturated carbocycles. The van der Waals surface area contributed by atoms with Crippen LogP contribution in [0.3, 0.4) is 0 Å². The normalized spacial score (nSPS) is 22.7. The van der Waals surface area contributed by atoms with E-state index in [2.05, 4.69) is 10.6 Å². The van der Waals surface area contributed by atoms with Crippen LogP contribution in [0.25, 0.3) is 0 Å². The molecule has 1 aromatic rings. The monoisotopic (exact) mass is 292 g/mol. The predicted molar refractivity (Wildman–Crippen MR) is 76.9 cm³/mol. The quantitative estimate of drug-likeness (QED) is 0.696. The molecule has 0 aliphatic carbocycles. The van der Waals surface area contributed by atoms with E-state index in [0.717, 1.165) is 5.56 Å². The molecule has 1 heterocycles. The summed E-state index contributed by atoms with van der Waals surface area (Å²) in [5, 5.41) is 14.9. The van der Waals surface area contributed by atoms with Gasteiger partial charge in [-0.3, -0.25) is 4.79 Å². The smallest absolute Gasteiger partial charge is 0.326 e. The first-order valence-corrected chi connectivity index (χ1v) is 6.93. The maximum absolute atomic E-state index is 12.1. The molecule has 3 atom stereocenters. The molecule has 3 N–H and O–H groups in total. The van der Waals surface area contributed by atoms with Gasteiger partial charge in [0.15, 0.2) is 0 Å². The largest absolute Gasteiger partial charge is 0.480 e. The molecule has 0 bridgehead atoms. The molecular formula is C15H20N2O4. The van der Waals surface area contributed by atoms with Gasteiger partial charge < -0.3 is 20.5 Å². The van der Waals surface area contributed by atoms with Gasteiger partial charge in [-0.1, -0.05) is 30.3 Å². The summed E-state index contributed by atoms with van der Waals surface area (Å²) in [6.07, 6.45) is 0.820. The number of hydrogen-bond donors (Lipinski definition) is 3. The first kappa shape index (κ1) is 15.5. The van der Waals surface area contributed by atoms with Crippen molar-refractivity contribution in [2.45, 2.75) is 31.0 Å². The number of carboxylic acid groups (broad SMARTS) is 1. The number of carbonyl (C=O) groups is 2. The van der Waals surface area contributed by atoms with Crippen molar-refractivity contribution in [2.24, 2.45) is 0 Å². The summed E-state index contributed by atoms with van der Waals surface area (Å²) in [7, 11) is 1.60. The minimum atomic E-state index is -1.03. The number of carboxylic acids is 1. The number of carbonyl (C=O) groups excluding carboxylic acids is 1. The van der Waals surface area contributed by atoms with Crippen molar-refractivity contribution in [2.75, 3.05) is 13.7 Å². The molecule has 0 aromatic heterocycles. The second-order valence-electron chi connectivity index (χ2n) is 5.14. The Hall–Kier alpha value is -1.92. The molecule has 1 aliphatic heterocycles. The maximum atomic E-state index is 12.1. The highest BCUT2D eigenvalue weighted by Gasteiger charge is 2.31. The van der Waals surface area contributed by atoms with Gasteiger partial charge in [-0.15, -0.1) is 0 Å². The van der Waals surface area contributed by atoms with E-state index in [4.69, 9.17) is 4.74 Å². The number of methoxy groups -OCH3 is 1. The summed E-state index contributed by atoms with van der Waals surface area (Å²) in [5.41, 5.74) is 0.874. The molecule has 6 nitrogen and oxygen atoms in total. The lowest BCUT2D eigenvalue weighted by Gasteiger charge is -2.17. The average Bonchev–Trinajstić information content (AvgIpc) is 2.96. The van der Waals surface area contributed by atoms with Crippen LogP contribution in [0.2, 0.25) is 0 Å². The van der Waals surface area contributed by atoms with Gasteiger partial charge in [0.1, 0.15) is 6.04 Å². The van der Waals surface area contributed by atoms with E-state index >= 15 is 0 Å². The Bertz CT molecular complexity index is 492. The molecule has 114 valence electrons. The zero-order valence-corrected chi connectivity index (χ0v) is 11.9. The first-order chi connectivity index (χ1) is 10.1. The minimum absolute atomic E-state index is 0.00171. The fourth-order valence-electron chi connectivity index (χ4n) is 2.40. The maximum Gasteiger partial charge on any atom is 0.326 e. The van der Waals surface area contributed by atoms with E-state index in [1.54, 1.807) is 7.11 Å². The Labute approximate surface area is 123 Å².